The van der Waals surface area contributed by atoms with Crippen LogP contribution in [-0.4, -0.2) is 24.9 Å². The summed E-state index contributed by atoms with van der Waals surface area (Å²) in [5, 5.41) is 3.62. The molecule has 0 amide bonds. The second kappa shape index (κ2) is 6.72. The Morgan fingerprint density at radius 1 is 1.25 bits per heavy atom. The van der Waals surface area contributed by atoms with Crippen molar-refractivity contribution in [2.75, 3.05) is 28.5 Å². The topological polar surface area (TPSA) is 41.3 Å². The van der Waals surface area contributed by atoms with Crippen molar-refractivity contribution in [2.24, 2.45) is 11.7 Å². The Balaban J connectivity index is 1.53. The van der Waals surface area contributed by atoms with Crippen molar-refractivity contribution in [1.29, 1.82) is 0 Å². The highest BCUT2D eigenvalue weighted by molar-refractivity contribution is 8.00. The summed E-state index contributed by atoms with van der Waals surface area (Å²) in [7, 11) is 0. The summed E-state index contributed by atoms with van der Waals surface area (Å²) in [6, 6.07) is 9.28. The summed E-state index contributed by atoms with van der Waals surface area (Å²) in [5.41, 5.74) is 8.56. The summed E-state index contributed by atoms with van der Waals surface area (Å²) in [6.45, 7) is 2.26. The number of rotatable bonds is 4. The molecule has 1 heterocycles. The highest BCUT2D eigenvalue weighted by Crippen LogP contribution is 2.30. The summed E-state index contributed by atoms with van der Waals surface area (Å²) in [4.78, 5) is 0. The molecule has 0 spiro atoms. The van der Waals surface area contributed by atoms with Crippen LogP contribution in [0.2, 0.25) is 0 Å². The molecule has 0 atom stereocenters. The molecule has 3 N–H and O–H groups in total. The largest absolute Gasteiger partial charge is 0.385 e. The van der Waals surface area contributed by atoms with Crippen molar-refractivity contribution in [3.63, 3.8) is 0 Å². The molecular weight excluding hydrogens is 266 g/mol. The number of benzene rings is 1. The van der Waals surface area contributed by atoms with Crippen molar-refractivity contribution < 1.29 is 0 Å². The maximum absolute atomic E-state index is 5.97. The molecule has 1 aromatic carbocycles. The van der Waals surface area contributed by atoms with E-state index in [2.05, 4.69) is 33.9 Å². The monoisotopic (exact) mass is 291 g/mol. The first-order valence-corrected chi connectivity index (χ1v) is 8.75. The number of nitrogens with two attached hydrogens (primary N) is 1. The molecule has 2 aliphatic rings. The molecule has 4 heteroatoms. The van der Waals surface area contributed by atoms with Gasteiger partial charge in [0.15, 0.2) is 0 Å². The Bertz CT molecular complexity index is 423. The van der Waals surface area contributed by atoms with Crippen LogP contribution in [0.25, 0.3) is 0 Å². The van der Waals surface area contributed by atoms with Gasteiger partial charge in [0.25, 0.3) is 0 Å². The van der Waals surface area contributed by atoms with Crippen molar-refractivity contribution in [3.05, 3.63) is 24.3 Å². The average molecular weight is 291 g/mol. The molecule has 0 unspecified atom stereocenters. The van der Waals surface area contributed by atoms with Crippen LogP contribution >= 0.6 is 11.9 Å². The van der Waals surface area contributed by atoms with E-state index in [1.54, 1.807) is 0 Å². The molecule has 1 aromatic rings. The van der Waals surface area contributed by atoms with Crippen molar-refractivity contribution in [3.8, 4) is 0 Å². The molecule has 0 aromatic heterocycles. The van der Waals surface area contributed by atoms with Gasteiger partial charge in [-0.2, -0.15) is 0 Å². The SMILES string of the molecule is N[C@H]1CC[C@H](CNc2cccc(N3CCCS3)c2)CC1. The smallest absolute Gasteiger partial charge is 0.0490 e. The predicted octanol–water partition coefficient (Wildman–Crippen LogP) is 3.47. The molecule has 1 aliphatic heterocycles. The van der Waals surface area contributed by atoms with Crippen LogP contribution in [0.1, 0.15) is 32.1 Å². The van der Waals surface area contributed by atoms with Gasteiger partial charge in [0, 0.05) is 36.3 Å². The lowest BCUT2D eigenvalue weighted by atomic mass is 9.86. The van der Waals surface area contributed by atoms with Crippen LogP contribution in [0.5, 0.6) is 0 Å². The van der Waals surface area contributed by atoms with Crippen LogP contribution < -0.4 is 15.4 Å². The van der Waals surface area contributed by atoms with Gasteiger partial charge >= 0.3 is 0 Å². The minimum Gasteiger partial charge on any atom is -0.385 e. The number of nitrogens with zero attached hydrogens (tertiary/aromatic N) is 1. The van der Waals surface area contributed by atoms with E-state index >= 15 is 0 Å². The Morgan fingerprint density at radius 2 is 2.10 bits per heavy atom. The van der Waals surface area contributed by atoms with Gasteiger partial charge in [-0.25, -0.2) is 0 Å². The fourth-order valence-electron chi connectivity index (χ4n) is 3.08. The molecule has 2 fully saturated rings. The molecule has 20 heavy (non-hydrogen) atoms. The fraction of sp³-hybridized carbons (Fsp3) is 0.625. The minimum atomic E-state index is 0.446. The van der Waals surface area contributed by atoms with E-state index in [0.717, 1.165) is 12.5 Å². The summed E-state index contributed by atoms with van der Waals surface area (Å²) in [5.74, 6) is 2.04. The maximum Gasteiger partial charge on any atom is 0.0490 e. The molecule has 0 radical (unpaired) electrons. The molecule has 3 rings (SSSR count). The second-order valence-corrected chi connectivity index (χ2v) is 7.11. The molecule has 1 aliphatic carbocycles. The maximum atomic E-state index is 5.97. The van der Waals surface area contributed by atoms with E-state index < -0.39 is 0 Å². The lowest BCUT2D eigenvalue weighted by Gasteiger charge is -2.26. The molecule has 1 saturated heterocycles. The van der Waals surface area contributed by atoms with Crippen molar-refractivity contribution in [2.45, 2.75) is 38.1 Å². The standard InChI is InChI=1S/C16H25N3S/c17-14-7-5-13(6-8-14)12-18-15-3-1-4-16(11-15)19-9-2-10-20-19/h1,3-4,11,13-14,18H,2,5-10,12,17H2/t13-,14-. The van der Waals surface area contributed by atoms with Gasteiger partial charge in [-0.3, -0.25) is 0 Å². The third kappa shape index (κ3) is 3.61. The lowest BCUT2D eigenvalue weighted by Crippen LogP contribution is -2.29. The number of nitrogens with one attached hydrogen (secondary N) is 1. The van der Waals surface area contributed by atoms with Gasteiger partial charge in [0.05, 0.1) is 0 Å². The Kier molecular flexibility index (Phi) is 4.73. The van der Waals surface area contributed by atoms with E-state index in [4.69, 9.17) is 5.73 Å². The van der Waals surface area contributed by atoms with Crippen LogP contribution in [-0.2, 0) is 0 Å². The first-order chi connectivity index (χ1) is 9.81. The van der Waals surface area contributed by atoms with E-state index in [1.807, 2.05) is 11.9 Å². The molecule has 3 nitrogen and oxygen atoms in total. The van der Waals surface area contributed by atoms with Gasteiger partial charge in [0.2, 0.25) is 0 Å². The van der Waals surface area contributed by atoms with E-state index in [9.17, 15) is 0 Å². The summed E-state index contributed by atoms with van der Waals surface area (Å²) in [6.07, 6.45) is 6.23. The third-order valence-corrected chi connectivity index (χ3v) is 5.55. The van der Waals surface area contributed by atoms with Gasteiger partial charge in [0.1, 0.15) is 0 Å². The normalized spacial score (nSPS) is 26.8. The van der Waals surface area contributed by atoms with Crippen LogP contribution in [0.3, 0.4) is 0 Å². The Hall–Kier alpha value is -0.870. The van der Waals surface area contributed by atoms with E-state index in [1.165, 1.54) is 55.8 Å². The van der Waals surface area contributed by atoms with Crippen LogP contribution in [0.15, 0.2) is 24.3 Å². The zero-order valence-electron chi connectivity index (χ0n) is 12.1. The summed E-state index contributed by atoms with van der Waals surface area (Å²) < 4.78 is 2.41. The van der Waals surface area contributed by atoms with Gasteiger partial charge < -0.3 is 15.4 Å². The zero-order valence-corrected chi connectivity index (χ0v) is 12.9. The highest BCUT2D eigenvalue weighted by atomic mass is 32.2. The lowest BCUT2D eigenvalue weighted by molar-refractivity contribution is 0.339. The molecule has 110 valence electrons. The third-order valence-electron chi connectivity index (χ3n) is 4.37. The molecule has 0 bridgehead atoms. The second-order valence-electron chi connectivity index (χ2n) is 6.00. The average Bonchev–Trinajstić information content (AvgIpc) is 3.01. The summed E-state index contributed by atoms with van der Waals surface area (Å²) >= 11 is 1.94. The minimum absolute atomic E-state index is 0.446. The quantitative estimate of drug-likeness (QED) is 0.833. The highest BCUT2D eigenvalue weighted by Gasteiger charge is 2.18. The van der Waals surface area contributed by atoms with Crippen LogP contribution in [0, 0.1) is 5.92 Å². The first kappa shape index (κ1) is 14.1. The number of hydrogen-bond acceptors (Lipinski definition) is 4. The molecular formula is C16H25N3S. The van der Waals surface area contributed by atoms with Crippen LogP contribution in [0.4, 0.5) is 11.4 Å². The van der Waals surface area contributed by atoms with Gasteiger partial charge in [-0.15, -0.1) is 0 Å². The Morgan fingerprint density at radius 3 is 2.85 bits per heavy atom. The first-order valence-electron chi connectivity index (χ1n) is 7.81. The number of anilines is 2. The van der Waals surface area contributed by atoms with Crippen molar-refractivity contribution >= 4 is 23.3 Å². The fourth-order valence-corrected chi connectivity index (χ4v) is 4.08. The zero-order chi connectivity index (χ0) is 13.8. The van der Waals surface area contributed by atoms with E-state index in [0.29, 0.717) is 6.04 Å². The van der Waals surface area contributed by atoms with Gasteiger partial charge in [-0.05, 0) is 68.2 Å². The predicted molar refractivity (Wildman–Crippen MR) is 89.3 cm³/mol. The Labute approximate surface area is 126 Å². The van der Waals surface area contributed by atoms with Crippen molar-refractivity contribution in [1.82, 2.24) is 0 Å². The molecule has 1 saturated carbocycles. The van der Waals surface area contributed by atoms with E-state index in [-0.39, 0.29) is 0 Å². The van der Waals surface area contributed by atoms with Gasteiger partial charge in [-0.1, -0.05) is 6.07 Å². The number of hydrogen-bond donors (Lipinski definition) is 2.